The predicted molar refractivity (Wildman–Crippen MR) is 55.9 cm³/mol. The summed E-state index contributed by atoms with van der Waals surface area (Å²) >= 11 is 0. The largest absolute Gasteiger partial charge is 0.378 e. The molecule has 1 saturated heterocycles. The summed E-state index contributed by atoms with van der Waals surface area (Å²) in [7, 11) is 0. The van der Waals surface area contributed by atoms with E-state index in [1.165, 1.54) is 6.42 Å². The van der Waals surface area contributed by atoms with E-state index in [4.69, 9.17) is 4.74 Å². The van der Waals surface area contributed by atoms with Crippen LogP contribution in [0.25, 0.3) is 0 Å². The van der Waals surface area contributed by atoms with Crippen LogP contribution in [0.4, 0.5) is 0 Å². The lowest BCUT2D eigenvalue weighted by Crippen LogP contribution is -2.38. The Balaban J connectivity index is 2.06. The smallest absolute Gasteiger partial charge is 0.0561 e. The quantitative estimate of drug-likeness (QED) is 0.532. The van der Waals surface area contributed by atoms with Crippen LogP contribution in [0.3, 0.4) is 0 Å². The Morgan fingerprint density at radius 2 is 2.38 bits per heavy atom. The third-order valence-electron chi connectivity index (χ3n) is 2.46. The van der Waals surface area contributed by atoms with Crippen LogP contribution in [0, 0.1) is 0 Å². The minimum Gasteiger partial charge on any atom is -0.378 e. The van der Waals surface area contributed by atoms with Crippen molar-refractivity contribution in [1.29, 1.82) is 0 Å². The predicted octanol–water partition coefficient (Wildman–Crippen LogP) is 2.11. The first kappa shape index (κ1) is 10.7. The van der Waals surface area contributed by atoms with Gasteiger partial charge in [-0.1, -0.05) is 12.2 Å². The van der Waals surface area contributed by atoms with Gasteiger partial charge in [-0.15, -0.1) is 0 Å². The van der Waals surface area contributed by atoms with Crippen LogP contribution in [0.1, 0.15) is 33.1 Å². The Bertz CT molecular complexity index is 156. The van der Waals surface area contributed by atoms with E-state index in [2.05, 4.69) is 31.3 Å². The van der Waals surface area contributed by atoms with Gasteiger partial charge in [0.15, 0.2) is 0 Å². The van der Waals surface area contributed by atoms with Crippen molar-refractivity contribution in [3.05, 3.63) is 12.2 Å². The molecule has 1 rings (SSSR count). The van der Waals surface area contributed by atoms with Gasteiger partial charge in [0, 0.05) is 12.6 Å². The zero-order valence-electron chi connectivity index (χ0n) is 8.75. The normalized spacial score (nSPS) is 29.7. The fraction of sp³-hybridized carbons (Fsp3) is 0.818. The first-order valence-electron chi connectivity index (χ1n) is 5.29. The summed E-state index contributed by atoms with van der Waals surface area (Å²) in [5, 5.41) is 3.56. The summed E-state index contributed by atoms with van der Waals surface area (Å²) in [6.07, 6.45) is 8.22. The molecule has 1 N–H and O–H groups in total. The maximum atomic E-state index is 5.48. The molecule has 2 heteroatoms. The summed E-state index contributed by atoms with van der Waals surface area (Å²) in [6.45, 7) is 6.24. The van der Waals surface area contributed by atoms with Crippen LogP contribution in [-0.4, -0.2) is 25.3 Å². The fourth-order valence-electron chi connectivity index (χ4n) is 1.72. The molecule has 2 atom stereocenters. The van der Waals surface area contributed by atoms with Gasteiger partial charge in [-0.25, -0.2) is 0 Å². The zero-order chi connectivity index (χ0) is 9.52. The van der Waals surface area contributed by atoms with E-state index >= 15 is 0 Å². The lowest BCUT2D eigenvalue weighted by molar-refractivity contribution is 0.0135. The molecule has 0 bridgehead atoms. The second kappa shape index (κ2) is 6.17. The number of rotatable bonds is 4. The Morgan fingerprint density at radius 1 is 1.54 bits per heavy atom. The highest BCUT2D eigenvalue weighted by Crippen LogP contribution is 2.12. The van der Waals surface area contributed by atoms with Crippen LogP contribution in [0.15, 0.2) is 12.2 Å². The molecule has 1 aliphatic rings. The summed E-state index contributed by atoms with van der Waals surface area (Å²) in [4.78, 5) is 0. The Hall–Kier alpha value is -0.340. The average molecular weight is 183 g/mol. The van der Waals surface area contributed by atoms with Crippen molar-refractivity contribution in [2.75, 3.05) is 13.2 Å². The number of ether oxygens (including phenoxy) is 1. The molecule has 1 heterocycles. The number of nitrogens with one attached hydrogen (secondary N) is 1. The average Bonchev–Trinajstić information content (AvgIpc) is 2.13. The molecule has 0 saturated carbocycles. The molecular formula is C11H21NO. The van der Waals surface area contributed by atoms with E-state index in [1.54, 1.807) is 0 Å². The first-order valence-corrected chi connectivity index (χ1v) is 5.29. The molecule has 2 unspecified atom stereocenters. The minimum absolute atomic E-state index is 0.438. The molecule has 1 fully saturated rings. The molecule has 1 aliphatic heterocycles. The third kappa shape index (κ3) is 4.44. The van der Waals surface area contributed by atoms with Crippen LogP contribution >= 0.6 is 0 Å². The van der Waals surface area contributed by atoms with Crippen molar-refractivity contribution in [3.63, 3.8) is 0 Å². The first-order chi connectivity index (χ1) is 6.33. The molecular weight excluding hydrogens is 162 g/mol. The summed E-state index contributed by atoms with van der Waals surface area (Å²) in [5.41, 5.74) is 0. The molecule has 0 aromatic carbocycles. The van der Waals surface area contributed by atoms with Crippen LogP contribution in [0.2, 0.25) is 0 Å². The van der Waals surface area contributed by atoms with Crippen molar-refractivity contribution >= 4 is 0 Å². The van der Waals surface area contributed by atoms with E-state index in [1.807, 2.05) is 0 Å². The van der Waals surface area contributed by atoms with Gasteiger partial charge in [0.1, 0.15) is 0 Å². The van der Waals surface area contributed by atoms with Gasteiger partial charge in [-0.3, -0.25) is 0 Å². The summed E-state index contributed by atoms with van der Waals surface area (Å²) < 4.78 is 5.48. The van der Waals surface area contributed by atoms with Crippen LogP contribution in [-0.2, 0) is 4.74 Å². The van der Waals surface area contributed by atoms with Gasteiger partial charge < -0.3 is 10.1 Å². The number of allylic oxidation sites excluding steroid dienone is 1. The zero-order valence-corrected chi connectivity index (χ0v) is 8.75. The second-order valence-corrected chi connectivity index (χ2v) is 3.71. The van der Waals surface area contributed by atoms with Gasteiger partial charge in [0.2, 0.25) is 0 Å². The van der Waals surface area contributed by atoms with Gasteiger partial charge in [0.25, 0.3) is 0 Å². The van der Waals surface area contributed by atoms with Crippen molar-refractivity contribution < 1.29 is 4.74 Å². The highest BCUT2D eigenvalue weighted by Gasteiger charge is 2.17. The lowest BCUT2D eigenvalue weighted by atomic mass is 10.0. The fourth-order valence-corrected chi connectivity index (χ4v) is 1.72. The molecule has 2 nitrogen and oxygen atoms in total. The van der Waals surface area contributed by atoms with Crippen LogP contribution in [0.5, 0.6) is 0 Å². The Labute approximate surface area is 81.4 Å². The van der Waals surface area contributed by atoms with E-state index < -0.39 is 0 Å². The molecule has 0 amide bonds. The molecule has 13 heavy (non-hydrogen) atoms. The summed E-state index contributed by atoms with van der Waals surface area (Å²) in [6, 6.07) is 0.675. The van der Waals surface area contributed by atoms with Crippen molar-refractivity contribution in [3.8, 4) is 0 Å². The maximum absolute atomic E-state index is 5.48. The molecule has 0 aromatic heterocycles. The molecule has 76 valence electrons. The topological polar surface area (TPSA) is 21.3 Å². The standard InChI is InChI=1S/C11H21NO/c1-3-4-5-7-12-11-6-8-13-10(2)9-11/h3-4,10-12H,5-9H2,1-2H3/b4-3+. The maximum Gasteiger partial charge on any atom is 0.0561 e. The lowest BCUT2D eigenvalue weighted by Gasteiger charge is -2.27. The van der Waals surface area contributed by atoms with Gasteiger partial charge in [-0.2, -0.15) is 0 Å². The van der Waals surface area contributed by atoms with E-state index in [0.29, 0.717) is 12.1 Å². The van der Waals surface area contributed by atoms with Gasteiger partial charge >= 0.3 is 0 Å². The molecule has 0 aliphatic carbocycles. The SMILES string of the molecule is C/C=C/CCNC1CCOC(C)C1. The Kier molecular flexibility index (Phi) is 5.09. The van der Waals surface area contributed by atoms with Gasteiger partial charge in [0.05, 0.1) is 6.10 Å². The van der Waals surface area contributed by atoms with Crippen LogP contribution < -0.4 is 5.32 Å². The minimum atomic E-state index is 0.438. The highest BCUT2D eigenvalue weighted by atomic mass is 16.5. The molecule has 0 radical (unpaired) electrons. The van der Waals surface area contributed by atoms with Crippen molar-refractivity contribution in [2.24, 2.45) is 0 Å². The highest BCUT2D eigenvalue weighted by molar-refractivity contribution is 4.80. The van der Waals surface area contributed by atoms with Gasteiger partial charge in [-0.05, 0) is 39.7 Å². The van der Waals surface area contributed by atoms with E-state index in [-0.39, 0.29) is 0 Å². The number of hydrogen-bond acceptors (Lipinski definition) is 2. The number of hydrogen-bond donors (Lipinski definition) is 1. The monoisotopic (exact) mass is 183 g/mol. The third-order valence-corrected chi connectivity index (χ3v) is 2.46. The second-order valence-electron chi connectivity index (χ2n) is 3.71. The van der Waals surface area contributed by atoms with E-state index in [9.17, 15) is 0 Å². The van der Waals surface area contributed by atoms with Crippen molar-refractivity contribution in [1.82, 2.24) is 5.32 Å². The molecule has 0 aromatic rings. The summed E-state index contributed by atoms with van der Waals surface area (Å²) in [5.74, 6) is 0. The van der Waals surface area contributed by atoms with Crippen molar-refractivity contribution in [2.45, 2.75) is 45.3 Å². The van der Waals surface area contributed by atoms with E-state index in [0.717, 1.165) is 26.0 Å². The Morgan fingerprint density at radius 3 is 3.08 bits per heavy atom. The molecule has 0 spiro atoms.